The maximum Gasteiger partial charge on any atom is 0.268 e. The van der Waals surface area contributed by atoms with E-state index < -0.39 is 5.91 Å². The van der Waals surface area contributed by atoms with E-state index in [1.165, 1.54) is 17.4 Å². The lowest BCUT2D eigenvalue weighted by Gasteiger charge is -2.08. The molecule has 0 atom stereocenters. The standard InChI is InChI=1S/C16H15N3O2S/c1-2-8-21-14-6-4-3-5-12(14)10-13(11-17)15(20)19-16-18-7-9-22-16/h3-7,9-10H,2,8H2,1H3,(H,18,19,20)/b13-10+. The average molecular weight is 313 g/mol. The van der Waals surface area contributed by atoms with Gasteiger partial charge in [-0.2, -0.15) is 5.26 Å². The Morgan fingerprint density at radius 2 is 2.32 bits per heavy atom. The van der Waals surface area contributed by atoms with Gasteiger partial charge in [0.2, 0.25) is 0 Å². The molecule has 6 heteroatoms. The summed E-state index contributed by atoms with van der Waals surface area (Å²) in [6, 6.07) is 9.22. The molecular weight excluding hydrogens is 298 g/mol. The third kappa shape index (κ3) is 4.17. The molecule has 0 aliphatic rings. The minimum atomic E-state index is -0.484. The highest BCUT2D eigenvalue weighted by Gasteiger charge is 2.12. The van der Waals surface area contributed by atoms with Gasteiger partial charge < -0.3 is 4.74 Å². The SMILES string of the molecule is CCCOc1ccccc1/C=C(\C#N)C(=O)Nc1nccs1. The molecule has 22 heavy (non-hydrogen) atoms. The summed E-state index contributed by atoms with van der Waals surface area (Å²) < 4.78 is 5.62. The number of thiazole rings is 1. The summed E-state index contributed by atoms with van der Waals surface area (Å²) in [4.78, 5) is 16.1. The van der Waals surface area contributed by atoms with Crippen molar-refractivity contribution in [2.75, 3.05) is 11.9 Å². The second-order valence-corrected chi connectivity index (χ2v) is 5.24. The van der Waals surface area contributed by atoms with Crippen LogP contribution in [0.15, 0.2) is 41.4 Å². The molecule has 2 rings (SSSR count). The Hall–Kier alpha value is -2.65. The van der Waals surface area contributed by atoms with E-state index in [2.05, 4.69) is 10.3 Å². The lowest BCUT2D eigenvalue weighted by atomic mass is 10.1. The third-order valence-corrected chi connectivity index (χ3v) is 3.39. The van der Waals surface area contributed by atoms with E-state index >= 15 is 0 Å². The zero-order valence-electron chi connectivity index (χ0n) is 12.1. The van der Waals surface area contributed by atoms with Gasteiger partial charge in [-0.05, 0) is 18.6 Å². The number of nitrogens with zero attached hydrogens (tertiary/aromatic N) is 2. The van der Waals surface area contributed by atoms with E-state index in [9.17, 15) is 10.1 Å². The summed E-state index contributed by atoms with van der Waals surface area (Å²) in [5, 5.41) is 14.0. The molecule has 0 saturated heterocycles. The van der Waals surface area contributed by atoms with Gasteiger partial charge >= 0.3 is 0 Å². The zero-order valence-corrected chi connectivity index (χ0v) is 12.9. The summed E-state index contributed by atoms with van der Waals surface area (Å²) in [5.41, 5.74) is 0.699. The normalized spacial score (nSPS) is 10.8. The first kappa shape index (κ1) is 15.7. The monoisotopic (exact) mass is 313 g/mol. The molecule has 1 heterocycles. The number of nitriles is 1. The molecule has 1 amide bonds. The Labute approximate surface area is 132 Å². The number of ether oxygens (including phenoxy) is 1. The second kappa shape index (κ2) is 7.96. The Morgan fingerprint density at radius 1 is 1.50 bits per heavy atom. The van der Waals surface area contributed by atoms with Gasteiger partial charge in [0.25, 0.3) is 5.91 Å². The maximum atomic E-state index is 12.1. The van der Waals surface area contributed by atoms with E-state index in [-0.39, 0.29) is 5.57 Å². The number of amides is 1. The Kier molecular flexibility index (Phi) is 5.69. The number of para-hydroxylation sites is 1. The van der Waals surface area contributed by atoms with Crippen LogP contribution in [0.1, 0.15) is 18.9 Å². The van der Waals surface area contributed by atoms with Crippen molar-refractivity contribution < 1.29 is 9.53 Å². The number of carbonyl (C=O) groups excluding carboxylic acids is 1. The molecule has 1 aromatic heterocycles. The van der Waals surface area contributed by atoms with Crippen molar-refractivity contribution >= 4 is 28.5 Å². The van der Waals surface area contributed by atoms with Crippen LogP contribution in [-0.4, -0.2) is 17.5 Å². The van der Waals surface area contributed by atoms with Crippen molar-refractivity contribution in [1.29, 1.82) is 5.26 Å². The highest BCUT2D eigenvalue weighted by Crippen LogP contribution is 2.22. The van der Waals surface area contributed by atoms with E-state index in [1.54, 1.807) is 17.6 Å². The highest BCUT2D eigenvalue weighted by atomic mass is 32.1. The number of hydrogen-bond donors (Lipinski definition) is 1. The molecule has 0 bridgehead atoms. The molecular formula is C16H15N3O2S. The van der Waals surface area contributed by atoms with Crippen molar-refractivity contribution in [1.82, 2.24) is 4.98 Å². The summed E-state index contributed by atoms with van der Waals surface area (Å²) in [5.74, 6) is 0.168. The Balaban J connectivity index is 2.21. The Bertz CT molecular complexity index is 702. The number of hydrogen-bond acceptors (Lipinski definition) is 5. The molecule has 0 aliphatic carbocycles. The van der Waals surface area contributed by atoms with E-state index in [4.69, 9.17) is 4.74 Å². The second-order valence-electron chi connectivity index (χ2n) is 4.35. The van der Waals surface area contributed by atoms with Crippen LogP contribution in [0.5, 0.6) is 5.75 Å². The first-order chi connectivity index (χ1) is 10.7. The van der Waals surface area contributed by atoms with Crippen LogP contribution < -0.4 is 10.1 Å². The van der Waals surface area contributed by atoms with Crippen LogP contribution in [0.2, 0.25) is 0 Å². The summed E-state index contributed by atoms with van der Waals surface area (Å²) >= 11 is 1.30. The van der Waals surface area contributed by atoms with Crippen LogP contribution in [0, 0.1) is 11.3 Å². The van der Waals surface area contributed by atoms with E-state index in [0.717, 1.165) is 6.42 Å². The van der Waals surface area contributed by atoms with Gasteiger partial charge in [-0.3, -0.25) is 10.1 Å². The van der Waals surface area contributed by atoms with Crippen LogP contribution >= 0.6 is 11.3 Å². The van der Waals surface area contributed by atoms with Crippen molar-refractivity contribution in [3.05, 3.63) is 47.0 Å². The minimum absolute atomic E-state index is 0.00254. The molecule has 0 aliphatic heterocycles. The van der Waals surface area contributed by atoms with Gasteiger partial charge in [0.05, 0.1) is 6.61 Å². The fourth-order valence-electron chi connectivity index (χ4n) is 1.70. The summed E-state index contributed by atoms with van der Waals surface area (Å²) in [6.07, 6.45) is 3.99. The zero-order chi connectivity index (χ0) is 15.8. The van der Waals surface area contributed by atoms with Crippen molar-refractivity contribution in [2.24, 2.45) is 0 Å². The van der Waals surface area contributed by atoms with E-state index in [1.807, 2.05) is 31.2 Å². The number of benzene rings is 1. The minimum Gasteiger partial charge on any atom is -0.493 e. The fraction of sp³-hybridized carbons (Fsp3) is 0.188. The highest BCUT2D eigenvalue weighted by molar-refractivity contribution is 7.13. The number of aromatic nitrogens is 1. The molecule has 0 saturated carbocycles. The number of carbonyl (C=O) groups is 1. The first-order valence-electron chi connectivity index (χ1n) is 6.79. The number of nitrogens with one attached hydrogen (secondary N) is 1. The molecule has 5 nitrogen and oxygen atoms in total. The lowest BCUT2D eigenvalue weighted by molar-refractivity contribution is -0.112. The van der Waals surface area contributed by atoms with Crippen LogP contribution in [0.3, 0.4) is 0 Å². The van der Waals surface area contributed by atoms with E-state index in [0.29, 0.717) is 23.1 Å². The van der Waals surface area contributed by atoms with Gasteiger partial charge in [-0.1, -0.05) is 25.1 Å². The number of rotatable bonds is 6. The van der Waals surface area contributed by atoms with Crippen molar-refractivity contribution in [3.8, 4) is 11.8 Å². The molecule has 0 radical (unpaired) electrons. The van der Waals surface area contributed by atoms with Crippen LogP contribution in [0.25, 0.3) is 6.08 Å². The predicted molar refractivity (Wildman–Crippen MR) is 86.6 cm³/mol. The molecule has 1 N–H and O–H groups in total. The quantitative estimate of drug-likeness (QED) is 0.654. The largest absolute Gasteiger partial charge is 0.493 e. The fourth-order valence-corrected chi connectivity index (χ4v) is 2.22. The van der Waals surface area contributed by atoms with Gasteiger partial charge in [-0.25, -0.2) is 4.98 Å². The third-order valence-electron chi connectivity index (χ3n) is 2.70. The molecule has 2 aromatic rings. The van der Waals surface area contributed by atoms with Crippen molar-refractivity contribution in [2.45, 2.75) is 13.3 Å². The average Bonchev–Trinajstić information content (AvgIpc) is 3.04. The van der Waals surface area contributed by atoms with Gasteiger partial charge in [0.15, 0.2) is 5.13 Å². The van der Waals surface area contributed by atoms with Gasteiger partial charge in [-0.15, -0.1) is 11.3 Å². The molecule has 112 valence electrons. The molecule has 0 unspecified atom stereocenters. The summed E-state index contributed by atoms with van der Waals surface area (Å²) in [6.45, 7) is 2.60. The lowest BCUT2D eigenvalue weighted by Crippen LogP contribution is -2.13. The van der Waals surface area contributed by atoms with Gasteiger partial charge in [0, 0.05) is 17.1 Å². The van der Waals surface area contributed by atoms with Crippen LogP contribution in [0.4, 0.5) is 5.13 Å². The van der Waals surface area contributed by atoms with Gasteiger partial charge in [0.1, 0.15) is 17.4 Å². The summed E-state index contributed by atoms with van der Waals surface area (Å²) in [7, 11) is 0. The molecule has 0 fully saturated rings. The maximum absolute atomic E-state index is 12.1. The molecule has 0 spiro atoms. The number of anilines is 1. The molecule has 1 aromatic carbocycles. The Morgan fingerprint density at radius 3 is 3.00 bits per heavy atom. The topological polar surface area (TPSA) is 75.0 Å². The first-order valence-corrected chi connectivity index (χ1v) is 7.67. The smallest absolute Gasteiger partial charge is 0.268 e. The predicted octanol–water partition coefficient (Wildman–Crippen LogP) is 3.48. The van der Waals surface area contributed by atoms with Crippen molar-refractivity contribution in [3.63, 3.8) is 0 Å². The van der Waals surface area contributed by atoms with Crippen LogP contribution in [-0.2, 0) is 4.79 Å².